The highest BCUT2D eigenvalue weighted by molar-refractivity contribution is 9.10. The van der Waals surface area contributed by atoms with E-state index in [1.54, 1.807) is 0 Å². The van der Waals surface area contributed by atoms with Gasteiger partial charge < -0.3 is 5.32 Å². The lowest BCUT2D eigenvalue weighted by Gasteiger charge is -2.12. The normalized spacial score (nSPS) is 11.7. The number of hydrogen-bond acceptors (Lipinski definition) is 4. The Morgan fingerprint density at radius 3 is 2.65 bits per heavy atom. The molecule has 0 aliphatic carbocycles. The second-order valence-electron chi connectivity index (χ2n) is 5.36. The van der Waals surface area contributed by atoms with E-state index in [1.807, 2.05) is 0 Å². The molecule has 3 aromatic rings. The van der Waals surface area contributed by atoms with Gasteiger partial charge in [0.05, 0.1) is 32.2 Å². The fraction of sp³-hybridized carbons (Fsp3) is 0.133. The first-order valence-electron chi connectivity index (χ1n) is 7.07. The summed E-state index contributed by atoms with van der Waals surface area (Å²) in [6.07, 6.45) is -3.25. The molecule has 0 amide bonds. The van der Waals surface area contributed by atoms with Crippen LogP contribution >= 0.6 is 15.9 Å². The molecule has 0 aliphatic heterocycles. The van der Waals surface area contributed by atoms with Gasteiger partial charge in [-0.3, -0.25) is 15.2 Å². The summed E-state index contributed by atoms with van der Waals surface area (Å²) in [5.74, 6) is -0.718. The lowest BCUT2D eigenvalue weighted by molar-refractivity contribution is -0.385. The van der Waals surface area contributed by atoms with E-state index in [0.717, 1.165) is 24.3 Å². The van der Waals surface area contributed by atoms with Crippen LogP contribution in [0.5, 0.6) is 0 Å². The van der Waals surface area contributed by atoms with Crippen molar-refractivity contribution in [1.29, 1.82) is 0 Å². The maximum absolute atomic E-state index is 13.7. The van der Waals surface area contributed by atoms with Crippen LogP contribution in [0.2, 0.25) is 0 Å². The Hall–Kier alpha value is -2.69. The van der Waals surface area contributed by atoms with E-state index in [0.29, 0.717) is 5.39 Å². The minimum absolute atomic E-state index is 0.00948. The van der Waals surface area contributed by atoms with Crippen molar-refractivity contribution in [2.24, 2.45) is 0 Å². The van der Waals surface area contributed by atoms with Crippen molar-refractivity contribution in [1.82, 2.24) is 10.2 Å². The summed E-state index contributed by atoms with van der Waals surface area (Å²) in [5, 5.41) is 20.4. The number of anilines is 1. The highest BCUT2D eigenvalue weighted by atomic mass is 79.9. The van der Waals surface area contributed by atoms with Gasteiger partial charge in [0, 0.05) is 23.7 Å². The third-order valence-electron chi connectivity index (χ3n) is 3.67. The summed E-state index contributed by atoms with van der Waals surface area (Å²) in [4.78, 5) is 10.4. The Kier molecular flexibility index (Phi) is 4.57. The molecule has 0 radical (unpaired) electrons. The lowest BCUT2D eigenvalue weighted by Crippen LogP contribution is -2.08. The number of fused-ring (bicyclic) bond motifs is 1. The van der Waals surface area contributed by atoms with E-state index < -0.39 is 22.5 Å². The van der Waals surface area contributed by atoms with Gasteiger partial charge in [0.2, 0.25) is 0 Å². The quantitative estimate of drug-likeness (QED) is 0.345. The maximum atomic E-state index is 13.7. The zero-order valence-electron chi connectivity index (χ0n) is 12.7. The summed E-state index contributed by atoms with van der Waals surface area (Å²) < 4.78 is 52.7. The number of benzene rings is 2. The number of hydrogen-bond donors (Lipinski definition) is 2. The van der Waals surface area contributed by atoms with Gasteiger partial charge in [-0.25, -0.2) is 4.39 Å². The number of nitrogens with one attached hydrogen (secondary N) is 2. The molecule has 0 fully saturated rings. The SMILES string of the molecule is O=[N+]([O-])c1cc(Br)c(F)cc1CNc1cc(C(F)(F)F)cc2[nH]ncc12. The van der Waals surface area contributed by atoms with Crippen LogP contribution in [0.1, 0.15) is 11.1 Å². The van der Waals surface area contributed by atoms with Crippen molar-refractivity contribution < 1.29 is 22.5 Å². The first-order valence-corrected chi connectivity index (χ1v) is 7.86. The molecule has 0 aliphatic rings. The van der Waals surface area contributed by atoms with Crippen molar-refractivity contribution in [3.8, 4) is 0 Å². The van der Waals surface area contributed by atoms with Gasteiger partial charge >= 0.3 is 6.18 Å². The monoisotopic (exact) mass is 432 g/mol. The Bertz CT molecular complexity index is 1000. The molecule has 0 saturated carbocycles. The highest BCUT2D eigenvalue weighted by Crippen LogP contribution is 2.35. The van der Waals surface area contributed by atoms with Crippen LogP contribution in [0.25, 0.3) is 10.9 Å². The van der Waals surface area contributed by atoms with Gasteiger partial charge in [0.25, 0.3) is 5.69 Å². The van der Waals surface area contributed by atoms with Crippen LogP contribution in [-0.4, -0.2) is 15.1 Å². The number of nitro benzene ring substituents is 1. The molecule has 0 spiro atoms. The summed E-state index contributed by atoms with van der Waals surface area (Å²) in [6, 6.07) is 3.75. The van der Waals surface area contributed by atoms with Crippen molar-refractivity contribution >= 4 is 38.2 Å². The van der Waals surface area contributed by atoms with Gasteiger partial charge in [-0.05, 0) is 34.1 Å². The third kappa shape index (κ3) is 3.47. The predicted octanol–water partition coefficient (Wildman–Crippen LogP) is 5.00. The number of halogens is 5. The molecule has 0 saturated heterocycles. The predicted molar refractivity (Wildman–Crippen MR) is 89.2 cm³/mol. The van der Waals surface area contributed by atoms with Gasteiger partial charge in [-0.15, -0.1) is 0 Å². The number of alkyl halides is 3. The molecule has 2 aromatic carbocycles. The fourth-order valence-electron chi connectivity index (χ4n) is 2.44. The van der Waals surface area contributed by atoms with E-state index in [-0.39, 0.29) is 33.5 Å². The molecule has 1 heterocycles. The first-order chi connectivity index (χ1) is 12.2. The molecule has 2 N–H and O–H groups in total. The summed E-state index contributed by atoms with van der Waals surface area (Å²) in [5.41, 5.74) is -1.06. The fourth-order valence-corrected chi connectivity index (χ4v) is 2.77. The van der Waals surface area contributed by atoms with Gasteiger partial charge in [-0.1, -0.05) is 0 Å². The third-order valence-corrected chi connectivity index (χ3v) is 4.28. The van der Waals surface area contributed by atoms with Crippen molar-refractivity contribution in [2.45, 2.75) is 12.7 Å². The molecule has 6 nitrogen and oxygen atoms in total. The van der Waals surface area contributed by atoms with Crippen molar-refractivity contribution in [3.05, 3.63) is 62.0 Å². The largest absolute Gasteiger partial charge is 0.416 e. The molecular formula is C15H9BrF4N4O2. The minimum Gasteiger partial charge on any atom is -0.380 e. The molecule has 0 atom stereocenters. The van der Waals surface area contributed by atoms with E-state index in [2.05, 4.69) is 31.4 Å². The van der Waals surface area contributed by atoms with Crippen molar-refractivity contribution in [3.63, 3.8) is 0 Å². The zero-order chi connectivity index (χ0) is 19.1. The standard InChI is InChI=1S/C15H9BrF4N4O2/c16-10-4-14(24(25)26)7(1-11(10)17)5-21-12-2-8(15(18,19)20)3-13-9(12)6-22-23-13/h1-4,6,21H,5H2,(H,22,23). The van der Waals surface area contributed by atoms with E-state index >= 15 is 0 Å². The summed E-state index contributed by atoms with van der Waals surface area (Å²) in [6.45, 7) is -0.248. The smallest absolute Gasteiger partial charge is 0.380 e. The van der Waals surface area contributed by atoms with Crippen LogP contribution < -0.4 is 5.32 Å². The molecule has 0 unspecified atom stereocenters. The average molecular weight is 433 g/mol. The van der Waals surface area contributed by atoms with Crippen LogP contribution in [0.4, 0.5) is 28.9 Å². The molecule has 1 aromatic heterocycles. The van der Waals surface area contributed by atoms with E-state index in [1.165, 1.54) is 6.20 Å². The van der Waals surface area contributed by atoms with Crippen molar-refractivity contribution in [2.75, 3.05) is 5.32 Å². The average Bonchev–Trinajstić information content (AvgIpc) is 3.02. The Morgan fingerprint density at radius 1 is 1.27 bits per heavy atom. The molecule has 136 valence electrons. The number of rotatable bonds is 4. The molecule has 26 heavy (non-hydrogen) atoms. The minimum atomic E-state index is -4.58. The van der Waals surface area contributed by atoms with E-state index in [9.17, 15) is 27.7 Å². The molecule has 0 bridgehead atoms. The Morgan fingerprint density at radius 2 is 2.00 bits per heavy atom. The topological polar surface area (TPSA) is 83.9 Å². The van der Waals surface area contributed by atoms with Crippen LogP contribution in [0.15, 0.2) is 34.9 Å². The van der Waals surface area contributed by atoms with Crippen LogP contribution in [0.3, 0.4) is 0 Å². The number of aromatic nitrogens is 2. The molecule has 3 rings (SSSR count). The van der Waals surface area contributed by atoms with Crippen LogP contribution in [0, 0.1) is 15.9 Å². The highest BCUT2D eigenvalue weighted by Gasteiger charge is 2.31. The Balaban J connectivity index is 1.99. The lowest BCUT2D eigenvalue weighted by atomic mass is 10.1. The molecular weight excluding hydrogens is 424 g/mol. The number of H-pyrrole nitrogens is 1. The number of aromatic amines is 1. The second-order valence-corrected chi connectivity index (χ2v) is 6.21. The molecule has 11 heteroatoms. The first kappa shape index (κ1) is 18.1. The van der Waals surface area contributed by atoms with E-state index in [4.69, 9.17) is 0 Å². The number of nitrogens with zero attached hydrogens (tertiary/aromatic N) is 2. The van der Waals surface area contributed by atoms with Gasteiger partial charge in [-0.2, -0.15) is 18.3 Å². The maximum Gasteiger partial charge on any atom is 0.416 e. The Labute approximate surface area is 151 Å². The second kappa shape index (κ2) is 6.56. The van der Waals surface area contributed by atoms with Gasteiger partial charge in [0.1, 0.15) is 5.82 Å². The van der Waals surface area contributed by atoms with Gasteiger partial charge in [0.15, 0.2) is 0 Å². The number of nitro groups is 1. The summed E-state index contributed by atoms with van der Waals surface area (Å²) in [7, 11) is 0. The summed E-state index contributed by atoms with van der Waals surface area (Å²) >= 11 is 2.87. The zero-order valence-corrected chi connectivity index (χ0v) is 14.3. The van der Waals surface area contributed by atoms with Crippen LogP contribution in [-0.2, 0) is 12.7 Å².